The molecule has 2 aliphatic carbocycles. The van der Waals surface area contributed by atoms with Gasteiger partial charge in [-0.05, 0) is 25.7 Å². The van der Waals surface area contributed by atoms with Gasteiger partial charge in [0, 0.05) is 12.8 Å². The lowest BCUT2D eigenvalue weighted by Crippen LogP contribution is -2.38. The third kappa shape index (κ3) is 2.38. The van der Waals surface area contributed by atoms with Gasteiger partial charge in [0.15, 0.2) is 8.67 Å². The van der Waals surface area contributed by atoms with E-state index in [1.54, 1.807) is 0 Å². The van der Waals surface area contributed by atoms with Crippen LogP contribution >= 0.6 is 46.4 Å². The quantitative estimate of drug-likeness (QED) is 0.473. The maximum atomic E-state index is 12.0. The summed E-state index contributed by atoms with van der Waals surface area (Å²) < 4.78 is -2.95. The molecular weight excluding hydrogens is 290 g/mol. The minimum atomic E-state index is -1.47. The maximum Gasteiger partial charge on any atom is 0.205 e. The third-order valence-corrected chi connectivity index (χ3v) is 4.46. The van der Waals surface area contributed by atoms with Gasteiger partial charge < -0.3 is 0 Å². The number of carbonyl (C=O) groups is 1. The maximum absolute atomic E-state index is 12.0. The van der Waals surface area contributed by atoms with Crippen LogP contribution in [0, 0.1) is 0 Å². The Morgan fingerprint density at radius 1 is 0.812 bits per heavy atom. The lowest BCUT2D eigenvalue weighted by atomic mass is 9.89. The van der Waals surface area contributed by atoms with Crippen molar-refractivity contribution in [2.45, 2.75) is 47.2 Å². The largest absolute Gasteiger partial charge is 0.293 e. The Morgan fingerprint density at radius 2 is 1.19 bits per heavy atom. The molecule has 1 nitrogen and oxygen atoms in total. The van der Waals surface area contributed by atoms with Gasteiger partial charge in [-0.1, -0.05) is 57.5 Å². The summed E-state index contributed by atoms with van der Waals surface area (Å²) in [5.41, 5.74) is 2.35. The minimum Gasteiger partial charge on any atom is -0.293 e. The minimum absolute atomic E-state index is 0.367. The summed E-state index contributed by atoms with van der Waals surface area (Å²) in [6.45, 7) is 0. The summed E-state index contributed by atoms with van der Waals surface area (Å²) in [6.07, 6.45) is 4.88. The molecule has 0 saturated carbocycles. The van der Waals surface area contributed by atoms with E-state index >= 15 is 0 Å². The van der Waals surface area contributed by atoms with Crippen molar-refractivity contribution in [2.75, 3.05) is 0 Å². The summed E-state index contributed by atoms with van der Waals surface area (Å²) in [6, 6.07) is 0. The molecule has 2 aliphatic rings. The predicted octanol–water partition coefficient (Wildman–Crippen LogP) is 4.57. The van der Waals surface area contributed by atoms with Crippen molar-refractivity contribution in [1.82, 2.24) is 0 Å². The summed E-state index contributed by atoms with van der Waals surface area (Å²) in [7, 11) is 0. The molecule has 0 radical (unpaired) electrons. The van der Waals surface area contributed by atoms with Crippen molar-refractivity contribution in [3.8, 4) is 0 Å². The van der Waals surface area contributed by atoms with Crippen LogP contribution in [-0.4, -0.2) is 14.4 Å². The highest BCUT2D eigenvalue weighted by molar-refractivity contribution is 6.68. The highest BCUT2D eigenvalue weighted by atomic mass is 35.5. The fourth-order valence-corrected chi connectivity index (χ4v) is 3.91. The Morgan fingerprint density at radius 3 is 1.56 bits per heavy atom. The molecule has 0 atom stereocenters. The highest BCUT2D eigenvalue weighted by Crippen LogP contribution is 2.48. The number of rotatable bonds is 0. The molecule has 0 fully saturated rings. The lowest BCUT2D eigenvalue weighted by Gasteiger charge is -2.23. The zero-order chi connectivity index (χ0) is 12.0. The normalized spacial score (nSPS) is 28.6. The second-order valence-electron chi connectivity index (χ2n) is 4.51. The molecule has 5 heteroatoms. The van der Waals surface area contributed by atoms with Crippen molar-refractivity contribution in [2.24, 2.45) is 0 Å². The highest BCUT2D eigenvalue weighted by Gasteiger charge is 2.50. The van der Waals surface area contributed by atoms with Gasteiger partial charge in [0.25, 0.3) is 0 Å². The van der Waals surface area contributed by atoms with E-state index in [1.165, 1.54) is 11.1 Å². The smallest absolute Gasteiger partial charge is 0.205 e. The number of Topliss-reactive ketones (excluding diaryl/α,β-unsaturated/α-hetero) is 1. The number of hydrogen-bond acceptors (Lipinski definition) is 1. The fourth-order valence-electron chi connectivity index (χ4n) is 2.42. The number of halogens is 4. The van der Waals surface area contributed by atoms with E-state index in [9.17, 15) is 4.79 Å². The van der Waals surface area contributed by atoms with Gasteiger partial charge in [-0.3, -0.25) is 4.79 Å². The summed E-state index contributed by atoms with van der Waals surface area (Å²) >= 11 is 24.2. The van der Waals surface area contributed by atoms with Crippen LogP contribution in [0.25, 0.3) is 0 Å². The molecule has 0 saturated heterocycles. The summed E-state index contributed by atoms with van der Waals surface area (Å²) in [4.78, 5) is 12.0. The average Bonchev–Trinajstić information content (AvgIpc) is 2.24. The van der Waals surface area contributed by atoms with Crippen molar-refractivity contribution >= 4 is 52.2 Å². The molecule has 90 valence electrons. The van der Waals surface area contributed by atoms with Crippen LogP contribution in [0.4, 0.5) is 0 Å². The Labute approximate surface area is 115 Å². The van der Waals surface area contributed by atoms with Gasteiger partial charge in [-0.2, -0.15) is 0 Å². The van der Waals surface area contributed by atoms with Crippen LogP contribution < -0.4 is 0 Å². The number of allylic oxidation sites excluding steroid dienone is 2. The van der Waals surface area contributed by atoms with Gasteiger partial charge in [-0.25, -0.2) is 0 Å². The van der Waals surface area contributed by atoms with Crippen LogP contribution in [0.5, 0.6) is 0 Å². The summed E-state index contributed by atoms with van der Waals surface area (Å²) in [5, 5.41) is 0. The Hall–Kier alpha value is 0.570. The van der Waals surface area contributed by atoms with Crippen molar-refractivity contribution in [1.29, 1.82) is 0 Å². The van der Waals surface area contributed by atoms with Crippen molar-refractivity contribution in [3.63, 3.8) is 0 Å². The Bertz CT molecular complexity index is 325. The van der Waals surface area contributed by atoms with E-state index in [0.29, 0.717) is 12.8 Å². The second kappa shape index (κ2) is 4.35. The standard InChI is InChI=1S/C11H12Cl4O/c12-10(13)5-7-3-1-2-4-8(7)6-11(14,15)9(10)16/h1-6H2. The second-order valence-corrected chi connectivity index (χ2v) is 7.47. The van der Waals surface area contributed by atoms with Crippen LogP contribution in [0.3, 0.4) is 0 Å². The first-order chi connectivity index (χ1) is 7.33. The molecule has 0 aliphatic heterocycles. The molecule has 0 spiro atoms. The lowest BCUT2D eigenvalue weighted by molar-refractivity contribution is -0.120. The number of carbonyl (C=O) groups excluding carboxylic acids is 1. The first-order valence-electron chi connectivity index (χ1n) is 5.33. The average molecular weight is 302 g/mol. The SMILES string of the molecule is O=C1C(Cl)(Cl)CC2=C(CCCC2)CC1(Cl)Cl. The van der Waals surface area contributed by atoms with Crippen molar-refractivity contribution < 1.29 is 4.79 Å². The van der Waals surface area contributed by atoms with Gasteiger partial charge in [0.1, 0.15) is 0 Å². The van der Waals surface area contributed by atoms with E-state index < -0.39 is 14.4 Å². The molecule has 16 heavy (non-hydrogen) atoms. The molecule has 0 bridgehead atoms. The Kier molecular flexibility index (Phi) is 3.54. The molecular formula is C11H12Cl4O. The molecule has 0 N–H and O–H groups in total. The molecule has 0 heterocycles. The predicted molar refractivity (Wildman–Crippen MR) is 68.6 cm³/mol. The molecule has 0 amide bonds. The van der Waals surface area contributed by atoms with Crippen LogP contribution in [0.15, 0.2) is 11.1 Å². The first-order valence-corrected chi connectivity index (χ1v) is 6.84. The van der Waals surface area contributed by atoms with E-state index in [2.05, 4.69) is 0 Å². The van der Waals surface area contributed by atoms with E-state index in [-0.39, 0.29) is 0 Å². The van der Waals surface area contributed by atoms with Crippen LogP contribution in [-0.2, 0) is 4.79 Å². The van der Waals surface area contributed by atoms with E-state index in [1.807, 2.05) is 0 Å². The van der Waals surface area contributed by atoms with Crippen molar-refractivity contribution in [3.05, 3.63) is 11.1 Å². The van der Waals surface area contributed by atoms with E-state index in [4.69, 9.17) is 46.4 Å². The van der Waals surface area contributed by atoms with Gasteiger partial charge in [0.2, 0.25) is 5.78 Å². The molecule has 0 aromatic carbocycles. The summed E-state index contributed by atoms with van der Waals surface area (Å²) in [5.74, 6) is -0.485. The number of ketones is 1. The molecule has 0 unspecified atom stereocenters. The topological polar surface area (TPSA) is 17.1 Å². The third-order valence-electron chi connectivity index (χ3n) is 3.24. The number of alkyl halides is 4. The van der Waals surface area contributed by atoms with E-state index in [0.717, 1.165) is 25.7 Å². The first kappa shape index (κ1) is 13.0. The Balaban J connectivity index is 2.40. The van der Waals surface area contributed by atoms with Gasteiger partial charge in [-0.15, -0.1) is 0 Å². The molecule has 2 rings (SSSR count). The van der Waals surface area contributed by atoms with Gasteiger partial charge >= 0.3 is 0 Å². The molecule has 0 aromatic rings. The fraction of sp³-hybridized carbons (Fsp3) is 0.727. The van der Waals surface area contributed by atoms with Gasteiger partial charge in [0.05, 0.1) is 0 Å². The van der Waals surface area contributed by atoms with Crippen LogP contribution in [0.1, 0.15) is 38.5 Å². The number of hydrogen-bond donors (Lipinski definition) is 0. The zero-order valence-corrected chi connectivity index (χ0v) is 11.7. The monoisotopic (exact) mass is 300 g/mol. The van der Waals surface area contributed by atoms with Crippen LogP contribution in [0.2, 0.25) is 0 Å². The zero-order valence-electron chi connectivity index (χ0n) is 8.66. The molecule has 0 aromatic heterocycles.